The molecule has 3 aromatic heterocycles. The molecule has 0 aliphatic heterocycles. The highest BCUT2D eigenvalue weighted by Crippen LogP contribution is 2.31. The summed E-state index contributed by atoms with van der Waals surface area (Å²) in [6.07, 6.45) is 3.67. The molecular weight excluding hydrogens is 416 g/mol. The second-order valence-electron chi connectivity index (χ2n) is 6.55. The SMILES string of the molecule is Cn1ccnc1Sc1ccc(NC(=O)c2ccc(-c3nc4ccccc4s3)o2)cc1. The van der Waals surface area contributed by atoms with Crippen LogP contribution in [0.1, 0.15) is 10.6 Å². The lowest BCUT2D eigenvalue weighted by Gasteiger charge is -2.05. The molecule has 0 saturated heterocycles. The molecule has 30 heavy (non-hydrogen) atoms. The number of amides is 1. The predicted octanol–water partition coefficient (Wildman–Crippen LogP) is 5.69. The fourth-order valence-corrected chi connectivity index (χ4v) is 4.64. The predicted molar refractivity (Wildman–Crippen MR) is 119 cm³/mol. The molecule has 0 aliphatic rings. The highest BCUT2D eigenvalue weighted by molar-refractivity contribution is 7.99. The van der Waals surface area contributed by atoms with Crippen molar-refractivity contribution in [3.63, 3.8) is 0 Å². The number of nitrogens with one attached hydrogen (secondary N) is 1. The lowest BCUT2D eigenvalue weighted by Crippen LogP contribution is -2.10. The Hall–Kier alpha value is -3.36. The summed E-state index contributed by atoms with van der Waals surface area (Å²) in [5.74, 6) is 0.533. The normalized spacial score (nSPS) is 11.1. The van der Waals surface area contributed by atoms with Gasteiger partial charge in [-0.1, -0.05) is 23.9 Å². The first-order valence-corrected chi connectivity index (χ1v) is 10.8. The molecule has 6 nitrogen and oxygen atoms in total. The number of imidazole rings is 1. The maximum atomic E-state index is 12.6. The van der Waals surface area contributed by atoms with Gasteiger partial charge in [0.25, 0.3) is 5.91 Å². The van der Waals surface area contributed by atoms with Crippen LogP contribution in [0.3, 0.4) is 0 Å². The van der Waals surface area contributed by atoms with Crippen LogP contribution in [0.4, 0.5) is 5.69 Å². The van der Waals surface area contributed by atoms with E-state index in [1.54, 1.807) is 30.1 Å². The fraction of sp³-hybridized carbons (Fsp3) is 0.0455. The smallest absolute Gasteiger partial charge is 0.291 e. The fourth-order valence-electron chi connectivity index (χ4n) is 2.91. The molecule has 1 amide bonds. The van der Waals surface area contributed by atoms with Crippen molar-refractivity contribution in [2.24, 2.45) is 7.05 Å². The first-order valence-electron chi connectivity index (χ1n) is 9.18. The first-order chi connectivity index (χ1) is 14.7. The lowest BCUT2D eigenvalue weighted by atomic mass is 10.3. The van der Waals surface area contributed by atoms with E-state index < -0.39 is 0 Å². The number of carbonyl (C=O) groups is 1. The molecule has 148 valence electrons. The van der Waals surface area contributed by atoms with Crippen molar-refractivity contribution in [3.05, 3.63) is 78.8 Å². The first kappa shape index (κ1) is 18.7. The standard InChI is InChI=1S/C22H16N4O2S2/c1-26-13-12-23-22(26)29-15-8-6-14(7-9-15)24-20(27)17-10-11-18(28-17)21-25-16-4-2-3-5-19(16)30-21/h2-13H,1H3,(H,24,27). The maximum Gasteiger partial charge on any atom is 0.291 e. The summed E-state index contributed by atoms with van der Waals surface area (Å²) in [6, 6.07) is 19.0. The highest BCUT2D eigenvalue weighted by Gasteiger charge is 2.15. The number of nitrogens with zero attached hydrogens (tertiary/aromatic N) is 3. The zero-order chi connectivity index (χ0) is 20.5. The number of aryl methyl sites for hydroxylation is 1. The molecule has 0 unspecified atom stereocenters. The molecule has 0 saturated carbocycles. The van der Waals surface area contributed by atoms with Crippen LogP contribution in [0, 0.1) is 0 Å². The Morgan fingerprint density at radius 2 is 1.93 bits per heavy atom. The minimum absolute atomic E-state index is 0.246. The molecule has 2 aromatic carbocycles. The van der Waals surface area contributed by atoms with Gasteiger partial charge >= 0.3 is 0 Å². The summed E-state index contributed by atoms with van der Waals surface area (Å²) < 4.78 is 8.80. The lowest BCUT2D eigenvalue weighted by molar-refractivity contribution is 0.0997. The van der Waals surface area contributed by atoms with Gasteiger partial charge in [0.15, 0.2) is 21.7 Å². The van der Waals surface area contributed by atoms with E-state index in [2.05, 4.69) is 15.3 Å². The Labute approximate surface area is 180 Å². The maximum absolute atomic E-state index is 12.6. The van der Waals surface area contributed by atoms with Gasteiger partial charge < -0.3 is 14.3 Å². The van der Waals surface area contributed by atoms with Crippen LogP contribution < -0.4 is 5.32 Å². The number of hydrogen-bond donors (Lipinski definition) is 1. The largest absolute Gasteiger partial charge is 0.448 e. The molecule has 8 heteroatoms. The summed E-state index contributed by atoms with van der Waals surface area (Å²) in [4.78, 5) is 22.5. The van der Waals surface area contributed by atoms with E-state index in [-0.39, 0.29) is 11.7 Å². The second-order valence-corrected chi connectivity index (χ2v) is 8.62. The van der Waals surface area contributed by atoms with E-state index in [4.69, 9.17) is 4.42 Å². The molecule has 0 spiro atoms. The van der Waals surface area contributed by atoms with Crippen molar-refractivity contribution in [1.82, 2.24) is 14.5 Å². The molecule has 1 N–H and O–H groups in total. The zero-order valence-corrected chi connectivity index (χ0v) is 17.5. The van der Waals surface area contributed by atoms with Gasteiger partial charge in [-0.3, -0.25) is 4.79 Å². The van der Waals surface area contributed by atoms with Crippen LogP contribution in [0.15, 0.2) is 87.5 Å². The van der Waals surface area contributed by atoms with E-state index in [9.17, 15) is 4.79 Å². The van der Waals surface area contributed by atoms with Crippen LogP contribution >= 0.6 is 23.1 Å². The second kappa shape index (κ2) is 7.81. The quantitative estimate of drug-likeness (QED) is 0.386. The van der Waals surface area contributed by atoms with Gasteiger partial charge in [-0.25, -0.2) is 9.97 Å². The van der Waals surface area contributed by atoms with Crippen LogP contribution in [0.25, 0.3) is 21.0 Å². The van der Waals surface area contributed by atoms with Crippen LogP contribution in [0.5, 0.6) is 0 Å². The summed E-state index contributed by atoms with van der Waals surface area (Å²) in [6.45, 7) is 0. The number of thiazole rings is 1. The molecule has 0 bridgehead atoms. The zero-order valence-electron chi connectivity index (χ0n) is 15.9. The average molecular weight is 433 g/mol. The number of rotatable bonds is 5. The number of carbonyl (C=O) groups excluding carboxylic acids is 1. The van der Waals surface area contributed by atoms with E-state index in [0.29, 0.717) is 11.4 Å². The van der Waals surface area contributed by atoms with Crippen molar-refractivity contribution >= 4 is 44.9 Å². The Morgan fingerprint density at radius 1 is 1.10 bits per heavy atom. The van der Waals surface area contributed by atoms with Crippen LogP contribution in [-0.4, -0.2) is 20.4 Å². The van der Waals surface area contributed by atoms with Gasteiger partial charge in [-0.2, -0.15) is 0 Å². The number of hydrogen-bond acceptors (Lipinski definition) is 6. The van der Waals surface area contributed by atoms with Gasteiger partial charge in [0.05, 0.1) is 10.2 Å². The Morgan fingerprint density at radius 3 is 2.70 bits per heavy atom. The number of furan rings is 1. The molecule has 0 aliphatic carbocycles. The third-order valence-corrected chi connectivity index (χ3v) is 6.57. The van der Waals surface area contributed by atoms with Crippen molar-refractivity contribution in [3.8, 4) is 10.8 Å². The Kier molecular flexibility index (Phi) is 4.86. The Bertz CT molecular complexity index is 1300. The van der Waals surface area contributed by atoms with Gasteiger partial charge in [0.1, 0.15) is 0 Å². The van der Waals surface area contributed by atoms with Crippen molar-refractivity contribution < 1.29 is 9.21 Å². The van der Waals surface area contributed by atoms with Crippen LogP contribution in [-0.2, 0) is 7.05 Å². The third kappa shape index (κ3) is 3.74. The van der Waals surface area contributed by atoms with Gasteiger partial charge in [0.2, 0.25) is 0 Å². The summed E-state index contributed by atoms with van der Waals surface area (Å²) in [5, 5.41) is 4.53. The van der Waals surface area contributed by atoms with Gasteiger partial charge in [-0.05, 0) is 48.5 Å². The molecule has 0 radical (unpaired) electrons. The van der Waals surface area contributed by atoms with Gasteiger partial charge in [0, 0.05) is 30.0 Å². The summed E-state index contributed by atoms with van der Waals surface area (Å²) in [5.41, 5.74) is 1.62. The van der Waals surface area contributed by atoms with E-state index in [1.165, 1.54) is 11.3 Å². The molecule has 5 rings (SSSR count). The minimum Gasteiger partial charge on any atom is -0.448 e. The van der Waals surface area contributed by atoms with E-state index in [1.807, 2.05) is 66.3 Å². The van der Waals surface area contributed by atoms with Crippen molar-refractivity contribution in [2.75, 3.05) is 5.32 Å². The number of benzene rings is 2. The Balaban J connectivity index is 1.28. The number of anilines is 1. The number of para-hydroxylation sites is 1. The molecular formula is C22H16N4O2S2. The average Bonchev–Trinajstić information content (AvgIpc) is 3.49. The van der Waals surface area contributed by atoms with E-state index in [0.717, 1.165) is 25.3 Å². The summed E-state index contributed by atoms with van der Waals surface area (Å²) in [7, 11) is 1.95. The molecule has 0 atom stereocenters. The highest BCUT2D eigenvalue weighted by atomic mass is 32.2. The molecule has 0 fully saturated rings. The molecule has 3 heterocycles. The van der Waals surface area contributed by atoms with Crippen molar-refractivity contribution in [2.45, 2.75) is 10.1 Å². The van der Waals surface area contributed by atoms with E-state index >= 15 is 0 Å². The van der Waals surface area contributed by atoms with Crippen molar-refractivity contribution in [1.29, 1.82) is 0 Å². The number of fused-ring (bicyclic) bond motifs is 1. The summed E-state index contributed by atoms with van der Waals surface area (Å²) >= 11 is 3.10. The monoisotopic (exact) mass is 432 g/mol. The van der Waals surface area contributed by atoms with Crippen LogP contribution in [0.2, 0.25) is 0 Å². The number of aromatic nitrogens is 3. The van der Waals surface area contributed by atoms with Gasteiger partial charge in [-0.15, -0.1) is 11.3 Å². The molecule has 5 aromatic rings. The topological polar surface area (TPSA) is 73.0 Å². The third-order valence-electron chi connectivity index (χ3n) is 4.43. The minimum atomic E-state index is -0.299.